The van der Waals surface area contributed by atoms with Crippen LogP contribution in [0.4, 0.5) is 34.4 Å². The molecule has 1 unspecified atom stereocenters. The third kappa shape index (κ3) is 8.52. The van der Waals surface area contributed by atoms with Gasteiger partial charge in [0.1, 0.15) is 24.7 Å². The number of pyridine rings is 2. The molecule has 4 aromatic rings. The summed E-state index contributed by atoms with van der Waals surface area (Å²) in [5.41, 5.74) is 9.86. The molecule has 3 fully saturated rings. The van der Waals surface area contributed by atoms with E-state index >= 15 is 0 Å². The van der Waals surface area contributed by atoms with E-state index in [1.54, 1.807) is 24.6 Å². The second-order valence-corrected chi connectivity index (χ2v) is 16.9. The molecular weight excluding hydrogens is 801 g/mol. The molecule has 6 heterocycles. The first-order chi connectivity index (χ1) is 31.0. The van der Waals surface area contributed by atoms with Crippen LogP contribution in [0.25, 0.3) is 5.57 Å². The zero-order valence-corrected chi connectivity index (χ0v) is 35.5. The molecule has 2 aromatic heterocycles. The number of fused-ring (bicyclic) bond motifs is 4. The molecule has 63 heavy (non-hydrogen) atoms. The van der Waals surface area contributed by atoms with Gasteiger partial charge in [-0.15, -0.1) is 5.06 Å². The Balaban J connectivity index is 0.908. The molecule has 10 rings (SSSR count). The van der Waals surface area contributed by atoms with Crippen molar-refractivity contribution >= 4 is 63.2 Å². The molecule has 15 heteroatoms. The van der Waals surface area contributed by atoms with E-state index in [2.05, 4.69) is 39.7 Å². The lowest BCUT2D eigenvalue weighted by atomic mass is 9.86. The molecular formula is C48H52N8O7. The lowest BCUT2D eigenvalue weighted by Crippen LogP contribution is -2.37. The third-order valence-electron chi connectivity index (χ3n) is 13.0. The van der Waals surface area contributed by atoms with Crippen LogP contribution in [-0.2, 0) is 46.7 Å². The van der Waals surface area contributed by atoms with Crippen molar-refractivity contribution in [2.45, 2.75) is 77.0 Å². The normalized spacial score (nSPS) is 22.1. The standard InChI is InChI=1S/C48H52N8O7/c1-59-52-38-12-6-33(7-13-38)48(58)55-29-37-5-3-21-50-46(37)56(41-17-11-34(26-43(41)55)31-18-22-60-23-19-31)63-53-39-14-8-32(9-15-39)47(57)54-28-36-4-2-20-49-45(36)51-40-16-10-35(27-42(40)54)44-30-61-24-25-62-44/h2-5,10-11,16-18,20-21,26-27,32-33,44H,6-9,12-15,19,22-25,28-30H2,1H3,(H,49,51). The number of hydrogen-bond acceptors (Lipinski definition) is 13. The fraction of sp³-hybridized carbons (Fsp3) is 0.417. The Hall–Kier alpha value is -6.16. The zero-order valence-electron chi connectivity index (χ0n) is 35.5. The molecule has 0 radical (unpaired) electrons. The van der Waals surface area contributed by atoms with Crippen LogP contribution in [0, 0.1) is 11.8 Å². The van der Waals surface area contributed by atoms with E-state index in [1.807, 2.05) is 52.3 Å². The Kier molecular flexibility index (Phi) is 11.9. The predicted molar refractivity (Wildman–Crippen MR) is 239 cm³/mol. The molecule has 2 amide bonds. The van der Waals surface area contributed by atoms with Crippen LogP contribution in [0.2, 0.25) is 0 Å². The minimum atomic E-state index is -0.219. The summed E-state index contributed by atoms with van der Waals surface area (Å²) in [6, 6.07) is 20.1. The zero-order chi connectivity index (χ0) is 42.7. The fourth-order valence-corrected chi connectivity index (χ4v) is 9.55. The van der Waals surface area contributed by atoms with Gasteiger partial charge in [-0.3, -0.25) is 14.5 Å². The van der Waals surface area contributed by atoms with Crippen LogP contribution in [0.15, 0.2) is 89.4 Å². The van der Waals surface area contributed by atoms with Gasteiger partial charge in [-0.25, -0.2) is 9.97 Å². The number of benzene rings is 2. The molecule has 2 saturated carbocycles. The molecule has 2 aromatic carbocycles. The number of amides is 2. The number of aromatic nitrogens is 2. The largest absolute Gasteiger partial charge is 0.399 e. The maximum atomic E-state index is 14.7. The molecule has 1 N–H and O–H groups in total. The van der Waals surface area contributed by atoms with Crippen LogP contribution in [0.5, 0.6) is 0 Å². The highest BCUT2D eigenvalue weighted by atomic mass is 16.8. The van der Waals surface area contributed by atoms with Crippen molar-refractivity contribution in [3.63, 3.8) is 0 Å². The number of hydrogen-bond donors (Lipinski definition) is 1. The van der Waals surface area contributed by atoms with Crippen molar-refractivity contribution < 1.29 is 33.6 Å². The lowest BCUT2D eigenvalue weighted by Gasteiger charge is -2.31. The average molecular weight is 853 g/mol. The van der Waals surface area contributed by atoms with Gasteiger partial charge in [0.15, 0.2) is 5.82 Å². The minimum Gasteiger partial charge on any atom is -0.399 e. The molecule has 0 spiro atoms. The van der Waals surface area contributed by atoms with E-state index in [0.717, 1.165) is 75.8 Å². The van der Waals surface area contributed by atoms with Gasteiger partial charge in [0, 0.05) is 35.4 Å². The Morgan fingerprint density at radius 3 is 2.21 bits per heavy atom. The van der Waals surface area contributed by atoms with E-state index < -0.39 is 0 Å². The average Bonchev–Trinajstić information content (AvgIpc) is 3.60. The van der Waals surface area contributed by atoms with Crippen LogP contribution >= 0.6 is 0 Å². The Bertz CT molecular complexity index is 2450. The first kappa shape index (κ1) is 40.9. The first-order valence-electron chi connectivity index (χ1n) is 22.1. The van der Waals surface area contributed by atoms with Gasteiger partial charge in [-0.05, 0) is 111 Å². The summed E-state index contributed by atoms with van der Waals surface area (Å²) in [5, 5.41) is 14.1. The number of anilines is 6. The van der Waals surface area contributed by atoms with E-state index in [-0.39, 0.29) is 29.8 Å². The highest BCUT2D eigenvalue weighted by Crippen LogP contribution is 2.44. The topological polar surface area (TPSA) is 153 Å². The van der Waals surface area contributed by atoms with Crippen LogP contribution < -0.4 is 20.2 Å². The highest BCUT2D eigenvalue weighted by Gasteiger charge is 2.37. The number of ether oxygens (including phenoxy) is 3. The monoisotopic (exact) mass is 852 g/mol. The molecule has 6 aliphatic rings. The second-order valence-electron chi connectivity index (χ2n) is 16.9. The summed E-state index contributed by atoms with van der Waals surface area (Å²) in [6.07, 6.45) is 11.4. The number of nitrogens with one attached hydrogen (secondary N) is 1. The smallest absolute Gasteiger partial charge is 0.230 e. The van der Waals surface area contributed by atoms with Crippen LogP contribution in [-0.4, -0.2) is 73.3 Å². The molecule has 4 aliphatic heterocycles. The summed E-state index contributed by atoms with van der Waals surface area (Å²) >= 11 is 0. The lowest BCUT2D eigenvalue weighted by molar-refractivity contribution is -0.123. The number of carbonyl (C=O) groups is 2. The van der Waals surface area contributed by atoms with E-state index in [9.17, 15) is 9.59 Å². The number of nitrogens with zero attached hydrogens (tertiary/aromatic N) is 7. The van der Waals surface area contributed by atoms with E-state index in [0.29, 0.717) is 96.2 Å². The molecule has 1 saturated heterocycles. The molecule has 0 bridgehead atoms. The van der Waals surface area contributed by atoms with Crippen molar-refractivity contribution in [1.82, 2.24) is 9.97 Å². The molecule has 15 nitrogen and oxygen atoms in total. The Labute approximate surface area is 366 Å². The van der Waals surface area contributed by atoms with Crippen molar-refractivity contribution in [2.75, 3.05) is 60.3 Å². The van der Waals surface area contributed by atoms with Gasteiger partial charge in [-0.2, -0.15) is 0 Å². The minimum absolute atomic E-state index is 0.0619. The third-order valence-corrected chi connectivity index (χ3v) is 13.0. The number of oxime groups is 2. The van der Waals surface area contributed by atoms with Crippen molar-refractivity contribution in [2.24, 2.45) is 22.1 Å². The van der Waals surface area contributed by atoms with E-state index in [4.69, 9.17) is 34.1 Å². The Morgan fingerprint density at radius 1 is 0.746 bits per heavy atom. The van der Waals surface area contributed by atoms with Gasteiger partial charge in [0.25, 0.3) is 0 Å². The van der Waals surface area contributed by atoms with Gasteiger partial charge in [0.05, 0.1) is 74.6 Å². The summed E-state index contributed by atoms with van der Waals surface area (Å²) in [5.74, 6) is 1.05. The second kappa shape index (κ2) is 18.3. The molecule has 2 aliphatic carbocycles. The highest BCUT2D eigenvalue weighted by molar-refractivity contribution is 6.02. The van der Waals surface area contributed by atoms with Crippen LogP contribution in [0.3, 0.4) is 0 Å². The molecule has 326 valence electrons. The summed E-state index contributed by atoms with van der Waals surface area (Å²) < 4.78 is 17.4. The SMILES string of the molecule is CON=C1CCC(C(=O)N2Cc3cccnc3N(ON=C3CCC(C(=O)N4Cc5cccnc5Nc5ccc(C6COCCO6)cc54)CC3)c3ccc(C4=CCOCC4)cc32)CC1. The Morgan fingerprint density at radius 2 is 1.48 bits per heavy atom. The van der Waals surface area contributed by atoms with Gasteiger partial charge in [-0.1, -0.05) is 40.7 Å². The molecule has 1 atom stereocenters. The van der Waals surface area contributed by atoms with Gasteiger partial charge >= 0.3 is 0 Å². The summed E-state index contributed by atoms with van der Waals surface area (Å²) in [6.45, 7) is 3.50. The first-order valence-corrected chi connectivity index (χ1v) is 22.1. The van der Waals surface area contributed by atoms with Gasteiger partial charge in [0.2, 0.25) is 11.8 Å². The van der Waals surface area contributed by atoms with Crippen molar-refractivity contribution in [3.05, 3.63) is 101 Å². The van der Waals surface area contributed by atoms with Crippen molar-refractivity contribution in [1.29, 1.82) is 0 Å². The van der Waals surface area contributed by atoms with Crippen molar-refractivity contribution in [3.8, 4) is 0 Å². The maximum absolute atomic E-state index is 14.7. The van der Waals surface area contributed by atoms with Crippen LogP contribution in [0.1, 0.15) is 86.1 Å². The summed E-state index contributed by atoms with van der Waals surface area (Å²) in [7, 11) is 1.56. The maximum Gasteiger partial charge on any atom is 0.230 e. The summed E-state index contributed by atoms with van der Waals surface area (Å²) in [4.78, 5) is 54.0. The number of rotatable bonds is 7. The quantitative estimate of drug-likeness (QED) is 0.179. The van der Waals surface area contributed by atoms with E-state index in [1.165, 1.54) is 5.57 Å². The predicted octanol–water partition coefficient (Wildman–Crippen LogP) is 8.31. The van der Waals surface area contributed by atoms with Gasteiger partial charge < -0.3 is 34.2 Å². The fourth-order valence-electron chi connectivity index (χ4n) is 9.55. The number of carbonyl (C=O) groups excluding carboxylic acids is 2.